The van der Waals surface area contributed by atoms with Gasteiger partial charge in [0.05, 0.1) is 6.61 Å². The van der Waals surface area contributed by atoms with Crippen molar-refractivity contribution in [1.82, 2.24) is 0 Å². The van der Waals surface area contributed by atoms with Crippen molar-refractivity contribution in [2.24, 2.45) is 0 Å². The second-order valence-electron chi connectivity index (χ2n) is 4.16. The monoisotopic (exact) mass is 198 g/mol. The van der Waals surface area contributed by atoms with E-state index in [0.29, 0.717) is 5.92 Å². The van der Waals surface area contributed by atoms with E-state index in [1.54, 1.807) is 0 Å². The third-order valence-electron chi connectivity index (χ3n) is 3.34. The summed E-state index contributed by atoms with van der Waals surface area (Å²) in [6, 6.07) is 4.18. The van der Waals surface area contributed by atoms with Gasteiger partial charge in [0.25, 0.3) is 0 Å². The van der Waals surface area contributed by atoms with Crippen molar-refractivity contribution in [2.75, 3.05) is 6.61 Å². The standard InChI is InChI=1S/C14H14O/c1-2-10-6-7-13-14-11(8-9-15-13)4-3-5-12(10)14/h2-3,5-7,11H,1,4,8-9H2. The van der Waals surface area contributed by atoms with Crippen molar-refractivity contribution in [3.63, 3.8) is 0 Å². The zero-order valence-corrected chi connectivity index (χ0v) is 8.70. The largest absolute Gasteiger partial charge is 0.493 e. The van der Waals surface area contributed by atoms with Crippen molar-refractivity contribution in [3.05, 3.63) is 41.5 Å². The number of rotatable bonds is 1. The molecule has 0 bridgehead atoms. The molecule has 0 N–H and O–H groups in total. The van der Waals surface area contributed by atoms with Gasteiger partial charge in [0, 0.05) is 5.56 Å². The normalized spacial score (nSPS) is 21.7. The highest BCUT2D eigenvalue weighted by Gasteiger charge is 2.26. The van der Waals surface area contributed by atoms with E-state index in [2.05, 4.69) is 30.9 Å². The first-order chi connectivity index (χ1) is 7.40. The third kappa shape index (κ3) is 1.23. The third-order valence-corrected chi connectivity index (χ3v) is 3.34. The molecule has 1 aliphatic carbocycles. The van der Waals surface area contributed by atoms with Gasteiger partial charge in [-0.3, -0.25) is 0 Å². The van der Waals surface area contributed by atoms with E-state index in [4.69, 9.17) is 4.74 Å². The summed E-state index contributed by atoms with van der Waals surface area (Å²) in [4.78, 5) is 0. The first-order valence-electron chi connectivity index (χ1n) is 5.49. The summed E-state index contributed by atoms with van der Waals surface area (Å²) in [5.41, 5.74) is 3.94. The molecule has 1 aliphatic heterocycles. The molecule has 1 atom stereocenters. The highest BCUT2D eigenvalue weighted by Crippen LogP contribution is 2.43. The molecule has 2 aliphatic rings. The molecule has 1 heteroatoms. The minimum Gasteiger partial charge on any atom is -0.493 e. The molecule has 1 aromatic carbocycles. The fourth-order valence-electron chi connectivity index (χ4n) is 2.59. The van der Waals surface area contributed by atoms with E-state index in [-0.39, 0.29) is 0 Å². The van der Waals surface area contributed by atoms with Gasteiger partial charge in [0.1, 0.15) is 5.75 Å². The Morgan fingerprint density at radius 2 is 2.33 bits per heavy atom. The molecule has 0 saturated carbocycles. The summed E-state index contributed by atoms with van der Waals surface area (Å²) in [7, 11) is 0. The van der Waals surface area contributed by atoms with Crippen LogP contribution in [0.3, 0.4) is 0 Å². The van der Waals surface area contributed by atoms with Crippen molar-refractivity contribution >= 4 is 12.2 Å². The Kier molecular flexibility index (Phi) is 1.91. The number of hydrogen-bond acceptors (Lipinski definition) is 1. The van der Waals surface area contributed by atoms with E-state index in [0.717, 1.165) is 25.2 Å². The lowest BCUT2D eigenvalue weighted by atomic mass is 9.81. The molecule has 0 spiro atoms. The summed E-state index contributed by atoms with van der Waals surface area (Å²) in [6.45, 7) is 4.72. The Morgan fingerprint density at radius 1 is 1.40 bits per heavy atom. The van der Waals surface area contributed by atoms with Crippen LogP contribution in [0.4, 0.5) is 0 Å². The molecular formula is C14H14O. The van der Waals surface area contributed by atoms with E-state index in [1.807, 2.05) is 6.08 Å². The van der Waals surface area contributed by atoms with Crippen molar-refractivity contribution in [2.45, 2.75) is 18.8 Å². The van der Waals surface area contributed by atoms with Crippen LogP contribution in [0.5, 0.6) is 5.75 Å². The van der Waals surface area contributed by atoms with Gasteiger partial charge in [-0.15, -0.1) is 0 Å². The van der Waals surface area contributed by atoms with E-state index >= 15 is 0 Å². The molecule has 15 heavy (non-hydrogen) atoms. The van der Waals surface area contributed by atoms with Crippen LogP contribution >= 0.6 is 0 Å². The topological polar surface area (TPSA) is 9.23 Å². The molecule has 1 aromatic rings. The first kappa shape index (κ1) is 8.78. The molecule has 0 radical (unpaired) electrons. The average molecular weight is 198 g/mol. The predicted octanol–water partition coefficient (Wildman–Crippen LogP) is 3.61. The van der Waals surface area contributed by atoms with E-state index < -0.39 is 0 Å². The summed E-state index contributed by atoms with van der Waals surface area (Å²) in [5, 5.41) is 0. The highest BCUT2D eigenvalue weighted by molar-refractivity contribution is 5.72. The molecule has 0 amide bonds. The number of allylic oxidation sites excluding steroid dienone is 1. The number of hydrogen-bond donors (Lipinski definition) is 0. The van der Waals surface area contributed by atoms with Gasteiger partial charge < -0.3 is 4.74 Å². The Hall–Kier alpha value is -1.50. The summed E-state index contributed by atoms with van der Waals surface area (Å²) in [6.07, 6.45) is 8.71. The minimum absolute atomic E-state index is 0.661. The van der Waals surface area contributed by atoms with Crippen LogP contribution in [0.15, 0.2) is 24.8 Å². The minimum atomic E-state index is 0.661. The van der Waals surface area contributed by atoms with Gasteiger partial charge in [-0.25, -0.2) is 0 Å². The average Bonchev–Trinajstić information content (AvgIpc) is 2.30. The van der Waals surface area contributed by atoms with E-state index in [9.17, 15) is 0 Å². The second kappa shape index (κ2) is 3.27. The SMILES string of the molecule is C=Cc1ccc2c3c1C=CCC3CCO2. The van der Waals surface area contributed by atoms with E-state index in [1.165, 1.54) is 16.7 Å². The Morgan fingerprint density at radius 3 is 3.20 bits per heavy atom. The van der Waals surface area contributed by atoms with Gasteiger partial charge in [-0.1, -0.05) is 30.9 Å². The van der Waals surface area contributed by atoms with Crippen LogP contribution in [-0.4, -0.2) is 6.61 Å². The molecular weight excluding hydrogens is 184 g/mol. The Labute approximate surface area is 90.1 Å². The maximum Gasteiger partial charge on any atom is 0.123 e. The number of benzene rings is 1. The van der Waals surface area contributed by atoms with Gasteiger partial charge in [0.2, 0.25) is 0 Å². The molecule has 0 fully saturated rings. The maximum atomic E-state index is 5.70. The lowest BCUT2D eigenvalue weighted by Crippen LogP contribution is -2.17. The Bertz CT molecular complexity index is 443. The smallest absolute Gasteiger partial charge is 0.123 e. The summed E-state index contributed by atoms with van der Waals surface area (Å²) < 4.78 is 5.70. The summed E-state index contributed by atoms with van der Waals surface area (Å²) >= 11 is 0. The van der Waals surface area contributed by atoms with Gasteiger partial charge in [-0.05, 0) is 36.0 Å². The highest BCUT2D eigenvalue weighted by atomic mass is 16.5. The first-order valence-corrected chi connectivity index (χ1v) is 5.49. The lowest BCUT2D eigenvalue weighted by Gasteiger charge is -2.30. The molecule has 76 valence electrons. The maximum absolute atomic E-state index is 5.70. The molecule has 1 heterocycles. The molecule has 1 unspecified atom stereocenters. The van der Waals surface area contributed by atoms with Gasteiger partial charge in [-0.2, -0.15) is 0 Å². The summed E-state index contributed by atoms with van der Waals surface area (Å²) in [5.74, 6) is 1.74. The molecule has 3 rings (SSSR count). The lowest BCUT2D eigenvalue weighted by molar-refractivity contribution is 0.266. The zero-order valence-electron chi connectivity index (χ0n) is 8.70. The van der Waals surface area contributed by atoms with Crippen LogP contribution in [0.25, 0.3) is 12.2 Å². The Balaban J connectivity index is 2.28. The fourth-order valence-corrected chi connectivity index (χ4v) is 2.59. The van der Waals surface area contributed by atoms with Crippen LogP contribution < -0.4 is 4.74 Å². The predicted molar refractivity (Wildman–Crippen MR) is 63.0 cm³/mol. The second-order valence-corrected chi connectivity index (χ2v) is 4.16. The van der Waals surface area contributed by atoms with Crippen LogP contribution in [0, 0.1) is 0 Å². The van der Waals surface area contributed by atoms with Crippen LogP contribution in [0.1, 0.15) is 35.4 Å². The van der Waals surface area contributed by atoms with Crippen molar-refractivity contribution in [3.8, 4) is 5.75 Å². The molecule has 0 saturated heterocycles. The quantitative estimate of drug-likeness (QED) is 0.669. The van der Waals surface area contributed by atoms with Crippen molar-refractivity contribution in [1.29, 1.82) is 0 Å². The van der Waals surface area contributed by atoms with Gasteiger partial charge >= 0.3 is 0 Å². The zero-order chi connectivity index (χ0) is 10.3. The molecule has 0 aromatic heterocycles. The van der Waals surface area contributed by atoms with Gasteiger partial charge in [0.15, 0.2) is 0 Å². The number of ether oxygens (including phenoxy) is 1. The van der Waals surface area contributed by atoms with Crippen LogP contribution in [-0.2, 0) is 0 Å². The van der Waals surface area contributed by atoms with Crippen LogP contribution in [0.2, 0.25) is 0 Å². The fraction of sp³-hybridized carbons (Fsp3) is 0.286. The van der Waals surface area contributed by atoms with Crippen molar-refractivity contribution < 1.29 is 4.74 Å². The molecule has 1 nitrogen and oxygen atoms in total.